The fourth-order valence-electron chi connectivity index (χ4n) is 2.05. The van der Waals surface area contributed by atoms with Gasteiger partial charge in [0.15, 0.2) is 0 Å². The average Bonchev–Trinajstić information content (AvgIpc) is 2.27. The molecule has 1 heterocycles. The standard InChI is InChI=1S/C13H15ClN2O/c1-13(2)9-16(5-6-17-13)12-4-3-10(8-15)7-11(12)14/h3-4,7H,5-6,9H2,1-2H3. The number of hydrogen-bond donors (Lipinski definition) is 0. The van der Waals surface area contributed by atoms with Crippen molar-refractivity contribution >= 4 is 17.3 Å². The number of anilines is 1. The highest BCUT2D eigenvalue weighted by Gasteiger charge is 2.28. The SMILES string of the molecule is CC1(C)CN(c2ccc(C#N)cc2Cl)CCO1. The molecular weight excluding hydrogens is 236 g/mol. The van der Waals surface area contributed by atoms with Crippen molar-refractivity contribution in [3.05, 3.63) is 28.8 Å². The third-order valence-corrected chi connectivity index (χ3v) is 3.15. The maximum Gasteiger partial charge on any atom is 0.0992 e. The lowest BCUT2D eigenvalue weighted by atomic mass is 10.1. The summed E-state index contributed by atoms with van der Waals surface area (Å²) in [4.78, 5) is 2.20. The predicted molar refractivity (Wildman–Crippen MR) is 68.4 cm³/mol. The van der Waals surface area contributed by atoms with Crippen molar-refractivity contribution in [1.82, 2.24) is 0 Å². The number of morpholine rings is 1. The first kappa shape index (κ1) is 12.2. The van der Waals surface area contributed by atoms with Gasteiger partial charge in [0.1, 0.15) is 0 Å². The van der Waals surface area contributed by atoms with E-state index in [1.54, 1.807) is 12.1 Å². The molecule has 0 aliphatic carbocycles. The Morgan fingerprint density at radius 2 is 2.24 bits per heavy atom. The average molecular weight is 251 g/mol. The summed E-state index contributed by atoms with van der Waals surface area (Å²) in [6.07, 6.45) is 0. The molecule has 0 atom stereocenters. The van der Waals surface area contributed by atoms with E-state index >= 15 is 0 Å². The predicted octanol–water partition coefficient (Wildman–Crippen LogP) is 2.83. The maximum absolute atomic E-state index is 8.80. The van der Waals surface area contributed by atoms with Crippen LogP contribution in [-0.2, 0) is 4.74 Å². The van der Waals surface area contributed by atoms with Crippen LogP contribution in [0.1, 0.15) is 19.4 Å². The zero-order chi connectivity index (χ0) is 12.5. The lowest BCUT2D eigenvalue weighted by Crippen LogP contribution is -2.48. The fourth-order valence-corrected chi connectivity index (χ4v) is 2.36. The summed E-state index contributed by atoms with van der Waals surface area (Å²) in [6, 6.07) is 7.49. The number of rotatable bonds is 1. The number of nitrogens with zero attached hydrogens (tertiary/aromatic N) is 2. The summed E-state index contributed by atoms with van der Waals surface area (Å²) in [7, 11) is 0. The first-order valence-corrected chi connectivity index (χ1v) is 5.98. The zero-order valence-corrected chi connectivity index (χ0v) is 10.8. The topological polar surface area (TPSA) is 36.3 Å². The molecule has 4 heteroatoms. The molecule has 0 unspecified atom stereocenters. The van der Waals surface area contributed by atoms with Crippen LogP contribution >= 0.6 is 11.6 Å². The van der Waals surface area contributed by atoms with E-state index in [0.717, 1.165) is 18.8 Å². The van der Waals surface area contributed by atoms with E-state index in [-0.39, 0.29) is 5.60 Å². The first-order valence-electron chi connectivity index (χ1n) is 5.60. The Morgan fingerprint density at radius 3 is 2.82 bits per heavy atom. The fraction of sp³-hybridized carbons (Fsp3) is 0.462. The smallest absolute Gasteiger partial charge is 0.0992 e. The van der Waals surface area contributed by atoms with E-state index in [4.69, 9.17) is 21.6 Å². The van der Waals surface area contributed by atoms with E-state index in [1.807, 2.05) is 6.07 Å². The van der Waals surface area contributed by atoms with Crippen LogP contribution in [0.15, 0.2) is 18.2 Å². The van der Waals surface area contributed by atoms with E-state index in [1.165, 1.54) is 0 Å². The van der Waals surface area contributed by atoms with Crippen molar-refractivity contribution in [3.8, 4) is 6.07 Å². The normalized spacial score (nSPS) is 18.8. The minimum Gasteiger partial charge on any atom is -0.372 e. The van der Waals surface area contributed by atoms with Crippen molar-refractivity contribution in [2.45, 2.75) is 19.4 Å². The largest absolute Gasteiger partial charge is 0.372 e. The van der Waals surface area contributed by atoms with Crippen LogP contribution in [0, 0.1) is 11.3 Å². The van der Waals surface area contributed by atoms with Gasteiger partial charge in [0.05, 0.1) is 34.6 Å². The minimum absolute atomic E-state index is 0.157. The van der Waals surface area contributed by atoms with Gasteiger partial charge in [-0.05, 0) is 32.0 Å². The second kappa shape index (κ2) is 4.56. The van der Waals surface area contributed by atoms with Crippen molar-refractivity contribution in [2.75, 3.05) is 24.6 Å². The van der Waals surface area contributed by atoms with Gasteiger partial charge < -0.3 is 9.64 Å². The molecule has 17 heavy (non-hydrogen) atoms. The Labute approximate surface area is 107 Å². The van der Waals surface area contributed by atoms with Crippen LogP contribution in [0.5, 0.6) is 0 Å². The number of halogens is 1. The summed E-state index contributed by atoms with van der Waals surface area (Å²) in [6.45, 7) is 6.46. The third-order valence-electron chi connectivity index (χ3n) is 2.84. The van der Waals surface area contributed by atoms with Crippen molar-refractivity contribution in [1.29, 1.82) is 5.26 Å². The summed E-state index contributed by atoms with van der Waals surface area (Å²) in [5.41, 5.74) is 1.41. The molecule has 1 aliphatic heterocycles. The molecule has 3 nitrogen and oxygen atoms in total. The molecule has 0 aromatic heterocycles. The maximum atomic E-state index is 8.80. The molecule has 2 rings (SSSR count). The molecule has 0 radical (unpaired) electrons. The Bertz CT molecular complexity index is 465. The van der Waals surface area contributed by atoms with Gasteiger partial charge in [-0.3, -0.25) is 0 Å². The highest BCUT2D eigenvalue weighted by Crippen LogP contribution is 2.30. The first-order chi connectivity index (χ1) is 8.02. The Balaban J connectivity index is 2.26. The Morgan fingerprint density at radius 1 is 1.47 bits per heavy atom. The van der Waals surface area contributed by atoms with Crippen molar-refractivity contribution in [3.63, 3.8) is 0 Å². The van der Waals surface area contributed by atoms with Gasteiger partial charge >= 0.3 is 0 Å². The van der Waals surface area contributed by atoms with E-state index < -0.39 is 0 Å². The van der Waals surface area contributed by atoms with Crippen LogP contribution in [-0.4, -0.2) is 25.3 Å². The number of hydrogen-bond acceptors (Lipinski definition) is 3. The van der Waals surface area contributed by atoms with Gasteiger partial charge in [0.25, 0.3) is 0 Å². The lowest BCUT2D eigenvalue weighted by Gasteiger charge is -2.39. The van der Waals surface area contributed by atoms with Crippen molar-refractivity contribution < 1.29 is 4.74 Å². The summed E-state index contributed by atoms with van der Waals surface area (Å²) < 4.78 is 5.66. The Kier molecular flexibility index (Phi) is 3.28. The molecule has 1 fully saturated rings. The monoisotopic (exact) mass is 250 g/mol. The summed E-state index contributed by atoms with van der Waals surface area (Å²) in [5, 5.41) is 9.43. The van der Waals surface area contributed by atoms with Gasteiger partial charge in [-0.2, -0.15) is 5.26 Å². The third kappa shape index (κ3) is 2.71. The number of nitriles is 1. The molecule has 1 aliphatic rings. The highest BCUT2D eigenvalue weighted by molar-refractivity contribution is 6.33. The van der Waals surface area contributed by atoms with Crippen LogP contribution < -0.4 is 4.90 Å². The van der Waals surface area contributed by atoms with Gasteiger partial charge in [0.2, 0.25) is 0 Å². The highest BCUT2D eigenvalue weighted by atomic mass is 35.5. The molecule has 0 spiro atoms. The van der Waals surface area contributed by atoms with E-state index in [9.17, 15) is 0 Å². The molecule has 0 amide bonds. The van der Waals surface area contributed by atoms with E-state index in [0.29, 0.717) is 17.2 Å². The summed E-state index contributed by atoms with van der Waals surface area (Å²) in [5.74, 6) is 0. The molecule has 0 N–H and O–H groups in total. The lowest BCUT2D eigenvalue weighted by molar-refractivity contribution is -0.0276. The minimum atomic E-state index is -0.157. The number of ether oxygens (including phenoxy) is 1. The summed E-state index contributed by atoms with van der Waals surface area (Å²) >= 11 is 6.20. The van der Waals surface area contributed by atoms with Crippen LogP contribution in [0.3, 0.4) is 0 Å². The molecule has 0 saturated carbocycles. The molecule has 1 aromatic rings. The second-order valence-corrected chi connectivity index (χ2v) is 5.21. The molecule has 1 saturated heterocycles. The van der Waals surface area contributed by atoms with Gasteiger partial charge in [0, 0.05) is 13.1 Å². The van der Waals surface area contributed by atoms with Crippen LogP contribution in [0.25, 0.3) is 0 Å². The second-order valence-electron chi connectivity index (χ2n) is 4.81. The van der Waals surface area contributed by atoms with Crippen LogP contribution in [0.4, 0.5) is 5.69 Å². The zero-order valence-electron chi connectivity index (χ0n) is 10.0. The quantitative estimate of drug-likeness (QED) is 0.769. The Hall–Kier alpha value is -1.24. The van der Waals surface area contributed by atoms with Gasteiger partial charge in [-0.1, -0.05) is 11.6 Å². The van der Waals surface area contributed by atoms with Crippen molar-refractivity contribution in [2.24, 2.45) is 0 Å². The molecule has 1 aromatic carbocycles. The van der Waals surface area contributed by atoms with Gasteiger partial charge in [-0.25, -0.2) is 0 Å². The number of benzene rings is 1. The van der Waals surface area contributed by atoms with E-state index in [2.05, 4.69) is 24.8 Å². The van der Waals surface area contributed by atoms with Crippen LogP contribution in [0.2, 0.25) is 5.02 Å². The van der Waals surface area contributed by atoms with Gasteiger partial charge in [-0.15, -0.1) is 0 Å². The molecule has 0 bridgehead atoms. The molecule has 90 valence electrons. The molecular formula is C13H15ClN2O.